The molecule has 0 saturated carbocycles. The second-order valence-electron chi connectivity index (χ2n) is 7.90. The maximum Gasteiger partial charge on any atom is 0.251 e. The van der Waals surface area contributed by atoms with Crippen molar-refractivity contribution < 1.29 is 9.59 Å². The molecule has 33 heavy (non-hydrogen) atoms. The lowest BCUT2D eigenvalue weighted by molar-refractivity contribution is -0.128. The van der Waals surface area contributed by atoms with Crippen LogP contribution >= 0.6 is 23.5 Å². The van der Waals surface area contributed by atoms with E-state index in [0.717, 1.165) is 23.5 Å². The summed E-state index contributed by atoms with van der Waals surface area (Å²) in [5.74, 6) is 2.44. The molecule has 1 saturated heterocycles. The van der Waals surface area contributed by atoms with Gasteiger partial charge in [0, 0.05) is 30.2 Å². The summed E-state index contributed by atoms with van der Waals surface area (Å²) in [4.78, 5) is 26.9. The quantitative estimate of drug-likeness (QED) is 0.410. The van der Waals surface area contributed by atoms with Crippen molar-refractivity contribution in [2.75, 3.05) is 24.6 Å². The molecule has 0 radical (unpaired) electrons. The predicted octanol–water partition coefficient (Wildman–Crippen LogP) is 5.17. The van der Waals surface area contributed by atoms with E-state index in [4.69, 9.17) is 0 Å². The first-order valence-electron chi connectivity index (χ1n) is 11.2. The average Bonchev–Trinajstić information content (AvgIpc) is 3.24. The van der Waals surface area contributed by atoms with Crippen molar-refractivity contribution in [3.8, 4) is 0 Å². The van der Waals surface area contributed by atoms with Crippen molar-refractivity contribution in [2.24, 2.45) is 0 Å². The van der Waals surface area contributed by atoms with E-state index in [1.807, 2.05) is 77.3 Å². The Morgan fingerprint density at radius 1 is 0.939 bits per heavy atom. The van der Waals surface area contributed by atoms with E-state index in [9.17, 15) is 9.59 Å². The number of thioether (sulfide) groups is 2. The number of amides is 2. The fraction of sp³-hybridized carbons (Fsp3) is 0.259. The number of nitrogens with zero attached hydrogens (tertiary/aromatic N) is 1. The Labute approximate surface area is 204 Å². The van der Waals surface area contributed by atoms with Crippen molar-refractivity contribution in [2.45, 2.75) is 17.5 Å². The average molecular weight is 477 g/mol. The van der Waals surface area contributed by atoms with Crippen LogP contribution in [0.2, 0.25) is 0 Å². The van der Waals surface area contributed by atoms with Crippen molar-refractivity contribution in [3.05, 3.63) is 107 Å². The lowest BCUT2D eigenvalue weighted by atomic mass is 10.1. The van der Waals surface area contributed by atoms with Crippen molar-refractivity contribution >= 4 is 35.3 Å². The summed E-state index contributed by atoms with van der Waals surface area (Å²) in [5, 5.41) is 3.01. The first-order valence-corrected chi connectivity index (χ1v) is 13.4. The summed E-state index contributed by atoms with van der Waals surface area (Å²) in [6.07, 6.45) is 0.840. The molecule has 2 amide bonds. The molecule has 3 aromatic carbocycles. The summed E-state index contributed by atoms with van der Waals surface area (Å²) in [5.41, 5.74) is 4.24. The van der Waals surface area contributed by atoms with Crippen LogP contribution in [-0.4, -0.2) is 41.3 Å². The minimum absolute atomic E-state index is 0.00714. The molecular formula is C27H28N2O2S2. The third-order valence-corrected chi connectivity index (χ3v) is 7.84. The second kappa shape index (κ2) is 12.0. The Bertz CT molecular complexity index is 1040. The van der Waals surface area contributed by atoms with Crippen molar-refractivity contribution in [3.63, 3.8) is 0 Å². The molecule has 1 heterocycles. The Balaban J connectivity index is 1.26. The molecule has 1 aliphatic rings. The van der Waals surface area contributed by atoms with Gasteiger partial charge >= 0.3 is 0 Å². The van der Waals surface area contributed by atoms with Crippen LogP contribution in [0.3, 0.4) is 0 Å². The third-order valence-electron chi connectivity index (χ3n) is 5.55. The van der Waals surface area contributed by atoms with E-state index in [2.05, 4.69) is 29.6 Å². The number of rotatable bonds is 10. The minimum Gasteiger partial charge on any atom is -0.351 e. The molecule has 4 rings (SSSR count). The van der Waals surface area contributed by atoms with Gasteiger partial charge in [-0.3, -0.25) is 9.59 Å². The Morgan fingerprint density at radius 3 is 2.30 bits per heavy atom. The smallest absolute Gasteiger partial charge is 0.251 e. The topological polar surface area (TPSA) is 49.4 Å². The number of carbonyl (C=O) groups is 2. The highest BCUT2D eigenvalue weighted by Gasteiger charge is 2.32. The lowest BCUT2D eigenvalue weighted by Gasteiger charge is -2.24. The lowest BCUT2D eigenvalue weighted by Crippen LogP contribution is -2.30. The summed E-state index contributed by atoms with van der Waals surface area (Å²) < 4.78 is 0. The van der Waals surface area contributed by atoms with Gasteiger partial charge in [0.1, 0.15) is 5.37 Å². The van der Waals surface area contributed by atoms with Gasteiger partial charge < -0.3 is 10.2 Å². The molecule has 0 aliphatic carbocycles. The van der Waals surface area contributed by atoms with E-state index < -0.39 is 0 Å². The van der Waals surface area contributed by atoms with E-state index >= 15 is 0 Å². The monoisotopic (exact) mass is 476 g/mol. The fourth-order valence-corrected chi connectivity index (χ4v) is 5.81. The van der Waals surface area contributed by atoms with Gasteiger partial charge in [0.15, 0.2) is 0 Å². The SMILES string of the molecule is O=C(NCCSCc1ccccc1)c1ccc([C@H]2SCC(=O)N2CCc2ccccc2)cc1. The van der Waals surface area contributed by atoms with Crippen molar-refractivity contribution in [1.29, 1.82) is 0 Å². The summed E-state index contributed by atoms with van der Waals surface area (Å²) >= 11 is 3.46. The zero-order chi connectivity index (χ0) is 22.9. The number of nitrogens with one attached hydrogen (secondary N) is 1. The molecule has 1 atom stereocenters. The van der Waals surface area contributed by atoms with Crippen LogP contribution in [0.5, 0.6) is 0 Å². The van der Waals surface area contributed by atoms with Gasteiger partial charge in [-0.15, -0.1) is 11.8 Å². The fourth-order valence-electron chi connectivity index (χ4n) is 3.77. The van der Waals surface area contributed by atoms with Gasteiger partial charge in [0.2, 0.25) is 5.91 Å². The van der Waals surface area contributed by atoms with Gasteiger partial charge in [0.25, 0.3) is 5.91 Å². The van der Waals surface area contributed by atoms with Crippen molar-refractivity contribution in [1.82, 2.24) is 10.2 Å². The zero-order valence-corrected chi connectivity index (χ0v) is 20.1. The summed E-state index contributed by atoms with van der Waals surface area (Å²) in [7, 11) is 0. The van der Waals surface area contributed by atoms with Crippen LogP contribution in [-0.2, 0) is 17.0 Å². The van der Waals surface area contributed by atoms with E-state index in [-0.39, 0.29) is 17.2 Å². The third kappa shape index (κ3) is 6.65. The van der Waals surface area contributed by atoms with Gasteiger partial charge in [-0.05, 0) is 35.2 Å². The highest BCUT2D eigenvalue weighted by atomic mass is 32.2. The zero-order valence-electron chi connectivity index (χ0n) is 18.5. The Morgan fingerprint density at radius 2 is 1.61 bits per heavy atom. The largest absolute Gasteiger partial charge is 0.351 e. The molecule has 1 fully saturated rings. The molecule has 170 valence electrons. The Hall–Kier alpha value is -2.70. The number of hydrogen-bond donors (Lipinski definition) is 1. The minimum atomic E-state index is -0.0575. The Kier molecular flexibility index (Phi) is 8.50. The first-order chi connectivity index (χ1) is 16.2. The first kappa shape index (κ1) is 23.5. The number of hydrogen-bond acceptors (Lipinski definition) is 4. The van der Waals surface area contributed by atoms with Gasteiger partial charge in [-0.1, -0.05) is 72.8 Å². The summed E-state index contributed by atoms with van der Waals surface area (Å²) in [6, 6.07) is 28.3. The highest BCUT2D eigenvalue weighted by molar-refractivity contribution is 8.00. The highest BCUT2D eigenvalue weighted by Crippen LogP contribution is 2.38. The molecule has 6 heteroatoms. The molecule has 1 aliphatic heterocycles. The molecule has 0 aromatic heterocycles. The maximum absolute atomic E-state index is 12.5. The molecule has 0 bridgehead atoms. The van der Waals surface area contributed by atoms with Crippen LogP contribution in [0, 0.1) is 0 Å². The van der Waals surface area contributed by atoms with Crippen LogP contribution in [0.1, 0.15) is 32.4 Å². The van der Waals surface area contributed by atoms with Gasteiger partial charge in [-0.25, -0.2) is 0 Å². The summed E-state index contributed by atoms with van der Waals surface area (Å²) in [6.45, 7) is 1.34. The standard InChI is InChI=1S/C27H28N2O2S2/c30-25-20-33-27(29(25)17-15-21-7-3-1-4-8-21)24-13-11-23(12-14-24)26(31)28-16-18-32-19-22-9-5-2-6-10-22/h1-14,27H,15-20H2,(H,28,31)/t27-/m1/s1. The van der Waals surface area contributed by atoms with Gasteiger partial charge in [-0.2, -0.15) is 11.8 Å². The molecule has 4 nitrogen and oxygen atoms in total. The molecular weight excluding hydrogens is 448 g/mol. The van der Waals surface area contributed by atoms with Crippen LogP contribution in [0.15, 0.2) is 84.9 Å². The molecule has 0 spiro atoms. The van der Waals surface area contributed by atoms with Crippen LogP contribution in [0.25, 0.3) is 0 Å². The van der Waals surface area contributed by atoms with E-state index in [0.29, 0.717) is 24.4 Å². The second-order valence-corrected chi connectivity index (χ2v) is 10.1. The predicted molar refractivity (Wildman–Crippen MR) is 138 cm³/mol. The normalized spacial score (nSPS) is 15.6. The molecule has 1 N–H and O–H groups in total. The number of carbonyl (C=O) groups excluding carboxylic acids is 2. The van der Waals surface area contributed by atoms with E-state index in [1.165, 1.54) is 11.1 Å². The van der Waals surface area contributed by atoms with Crippen LogP contribution in [0.4, 0.5) is 0 Å². The maximum atomic E-state index is 12.5. The number of benzene rings is 3. The van der Waals surface area contributed by atoms with E-state index in [1.54, 1.807) is 11.8 Å². The molecule has 3 aromatic rings. The van der Waals surface area contributed by atoms with Gasteiger partial charge in [0.05, 0.1) is 5.75 Å². The van der Waals surface area contributed by atoms with Crippen LogP contribution < -0.4 is 5.32 Å². The molecule has 0 unspecified atom stereocenters.